The molecule has 1 N–H and O–H groups in total. The molecular weight excluding hydrogens is 290 g/mol. The van der Waals surface area contributed by atoms with Crippen LogP contribution < -0.4 is 10.2 Å². The summed E-state index contributed by atoms with van der Waals surface area (Å²) >= 11 is 0. The van der Waals surface area contributed by atoms with Crippen LogP contribution in [0.4, 0.5) is 11.6 Å². The largest absolute Gasteiger partial charge is 0.368 e. The SMILES string of the molecule is CC(C)c1cc(NCCN(C)c2ccccn2)n2ncnc2n1. The molecular formula is C16H21N7. The van der Waals surface area contributed by atoms with E-state index in [4.69, 9.17) is 0 Å². The van der Waals surface area contributed by atoms with Gasteiger partial charge in [-0.25, -0.2) is 9.97 Å². The van der Waals surface area contributed by atoms with Crippen molar-refractivity contribution in [1.29, 1.82) is 0 Å². The van der Waals surface area contributed by atoms with Crippen molar-refractivity contribution in [2.45, 2.75) is 19.8 Å². The van der Waals surface area contributed by atoms with Crippen molar-refractivity contribution in [3.8, 4) is 0 Å². The van der Waals surface area contributed by atoms with Crippen LogP contribution in [0.5, 0.6) is 0 Å². The van der Waals surface area contributed by atoms with E-state index < -0.39 is 0 Å². The Kier molecular flexibility index (Phi) is 4.36. The number of rotatable bonds is 6. The molecule has 120 valence electrons. The highest BCUT2D eigenvalue weighted by Gasteiger charge is 2.10. The van der Waals surface area contributed by atoms with Gasteiger partial charge < -0.3 is 10.2 Å². The molecule has 0 aliphatic heterocycles. The normalized spacial score (nSPS) is 11.1. The number of anilines is 2. The number of nitrogens with one attached hydrogen (secondary N) is 1. The second-order valence-corrected chi connectivity index (χ2v) is 5.73. The highest BCUT2D eigenvalue weighted by atomic mass is 15.4. The fourth-order valence-electron chi connectivity index (χ4n) is 2.30. The molecule has 0 bridgehead atoms. The molecule has 0 aliphatic carbocycles. The topological polar surface area (TPSA) is 71.2 Å². The predicted molar refractivity (Wildman–Crippen MR) is 90.9 cm³/mol. The van der Waals surface area contributed by atoms with E-state index in [1.54, 1.807) is 10.7 Å². The molecule has 0 spiro atoms. The summed E-state index contributed by atoms with van der Waals surface area (Å²) in [6.07, 6.45) is 3.33. The van der Waals surface area contributed by atoms with Crippen LogP contribution in [0.1, 0.15) is 25.5 Å². The Morgan fingerprint density at radius 2 is 2.13 bits per heavy atom. The third-order valence-electron chi connectivity index (χ3n) is 3.66. The molecule has 3 heterocycles. The Hall–Kier alpha value is -2.70. The lowest BCUT2D eigenvalue weighted by Crippen LogP contribution is -2.26. The molecule has 23 heavy (non-hydrogen) atoms. The molecule has 7 nitrogen and oxygen atoms in total. The van der Waals surface area contributed by atoms with Crippen molar-refractivity contribution in [3.05, 3.63) is 42.5 Å². The van der Waals surface area contributed by atoms with Gasteiger partial charge in [0.1, 0.15) is 18.0 Å². The van der Waals surface area contributed by atoms with Crippen LogP contribution in [0.3, 0.4) is 0 Å². The van der Waals surface area contributed by atoms with Crippen LogP contribution in [0, 0.1) is 0 Å². The monoisotopic (exact) mass is 311 g/mol. The molecule has 3 aromatic rings. The number of hydrogen-bond acceptors (Lipinski definition) is 6. The number of likely N-dealkylation sites (N-methyl/N-ethyl adjacent to an activating group) is 1. The highest BCUT2D eigenvalue weighted by Crippen LogP contribution is 2.17. The Balaban J connectivity index is 1.70. The lowest BCUT2D eigenvalue weighted by atomic mass is 10.1. The summed E-state index contributed by atoms with van der Waals surface area (Å²) in [7, 11) is 2.03. The summed E-state index contributed by atoms with van der Waals surface area (Å²) in [5, 5.41) is 7.65. The van der Waals surface area contributed by atoms with Crippen molar-refractivity contribution in [1.82, 2.24) is 24.6 Å². The Morgan fingerprint density at radius 3 is 2.87 bits per heavy atom. The number of fused-ring (bicyclic) bond motifs is 1. The predicted octanol–water partition coefficient (Wildman–Crippen LogP) is 2.19. The van der Waals surface area contributed by atoms with E-state index in [1.807, 2.05) is 31.3 Å². The van der Waals surface area contributed by atoms with E-state index in [1.165, 1.54) is 6.33 Å². The van der Waals surface area contributed by atoms with Crippen molar-refractivity contribution >= 4 is 17.4 Å². The molecule has 0 aromatic carbocycles. The van der Waals surface area contributed by atoms with Gasteiger partial charge in [0.25, 0.3) is 5.78 Å². The third kappa shape index (κ3) is 3.39. The van der Waals surface area contributed by atoms with Crippen molar-refractivity contribution in [2.24, 2.45) is 0 Å². The van der Waals surface area contributed by atoms with Crippen LogP contribution in [0.15, 0.2) is 36.8 Å². The van der Waals surface area contributed by atoms with E-state index in [9.17, 15) is 0 Å². The van der Waals surface area contributed by atoms with Crippen LogP contribution in [0.2, 0.25) is 0 Å². The first-order chi connectivity index (χ1) is 11.1. The minimum Gasteiger partial charge on any atom is -0.368 e. The maximum atomic E-state index is 4.52. The van der Waals surface area contributed by atoms with E-state index in [0.29, 0.717) is 11.7 Å². The summed E-state index contributed by atoms with van der Waals surface area (Å²) in [6, 6.07) is 7.94. The van der Waals surface area contributed by atoms with E-state index >= 15 is 0 Å². The van der Waals surface area contributed by atoms with Crippen molar-refractivity contribution < 1.29 is 0 Å². The molecule has 0 radical (unpaired) electrons. The summed E-state index contributed by atoms with van der Waals surface area (Å²) in [5.41, 5.74) is 1.01. The first kappa shape index (κ1) is 15.2. The third-order valence-corrected chi connectivity index (χ3v) is 3.66. The van der Waals surface area contributed by atoms with Gasteiger partial charge in [-0.2, -0.15) is 14.6 Å². The van der Waals surface area contributed by atoms with E-state index in [0.717, 1.165) is 30.4 Å². The number of aromatic nitrogens is 5. The number of hydrogen-bond donors (Lipinski definition) is 1. The average Bonchev–Trinajstić information content (AvgIpc) is 3.04. The molecule has 3 aromatic heterocycles. The molecule has 0 saturated heterocycles. The molecule has 0 unspecified atom stereocenters. The van der Waals surface area contributed by atoms with Crippen LogP contribution in [0.25, 0.3) is 5.78 Å². The molecule has 0 aliphatic rings. The zero-order valence-electron chi connectivity index (χ0n) is 13.6. The van der Waals surface area contributed by atoms with E-state index in [-0.39, 0.29) is 0 Å². The van der Waals surface area contributed by atoms with Crippen LogP contribution in [-0.2, 0) is 0 Å². The first-order valence-electron chi connectivity index (χ1n) is 7.72. The van der Waals surface area contributed by atoms with Gasteiger partial charge in [0.15, 0.2) is 0 Å². The molecule has 0 fully saturated rings. The standard InChI is InChI=1S/C16H21N7/c1-12(2)13-10-15(23-16(21-13)19-11-20-23)18-8-9-22(3)14-6-4-5-7-17-14/h4-7,10-12,18H,8-9H2,1-3H3. The molecule has 3 rings (SSSR count). The summed E-state index contributed by atoms with van der Waals surface area (Å²) in [5.74, 6) is 2.83. The summed E-state index contributed by atoms with van der Waals surface area (Å²) in [6.45, 7) is 5.83. The second kappa shape index (κ2) is 6.60. The van der Waals surface area contributed by atoms with Gasteiger partial charge >= 0.3 is 0 Å². The van der Waals surface area contributed by atoms with Crippen molar-refractivity contribution in [3.63, 3.8) is 0 Å². The Bertz CT molecular complexity index is 766. The fraction of sp³-hybridized carbons (Fsp3) is 0.375. The Morgan fingerprint density at radius 1 is 1.26 bits per heavy atom. The average molecular weight is 311 g/mol. The molecule has 7 heteroatoms. The summed E-state index contributed by atoms with van der Waals surface area (Å²) in [4.78, 5) is 15.2. The molecule has 0 amide bonds. The lowest BCUT2D eigenvalue weighted by Gasteiger charge is -2.19. The Labute approximate surface area is 135 Å². The van der Waals surface area contributed by atoms with Gasteiger partial charge in [-0.05, 0) is 18.1 Å². The highest BCUT2D eigenvalue weighted by molar-refractivity contribution is 5.46. The zero-order valence-corrected chi connectivity index (χ0v) is 13.6. The number of pyridine rings is 1. The van der Waals surface area contributed by atoms with Crippen molar-refractivity contribution in [2.75, 3.05) is 30.4 Å². The van der Waals surface area contributed by atoms with Gasteiger partial charge in [-0.15, -0.1) is 0 Å². The van der Waals surface area contributed by atoms with Crippen LogP contribution >= 0.6 is 0 Å². The minimum absolute atomic E-state index is 0.341. The second-order valence-electron chi connectivity index (χ2n) is 5.73. The first-order valence-corrected chi connectivity index (χ1v) is 7.72. The fourth-order valence-corrected chi connectivity index (χ4v) is 2.30. The van der Waals surface area contributed by atoms with E-state index in [2.05, 4.69) is 44.1 Å². The lowest BCUT2D eigenvalue weighted by molar-refractivity contribution is 0.804. The van der Waals surface area contributed by atoms with Crippen LogP contribution in [-0.4, -0.2) is 44.7 Å². The quantitative estimate of drug-likeness (QED) is 0.752. The maximum Gasteiger partial charge on any atom is 0.254 e. The smallest absolute Gasteiger partial charge is 0.254 e. The van der Waals surface area contributed by atoms with Gasteiger partial charge in [-0.3, -0.25) is 0 Å². The van der Waals surface area contributed by atoms with Gasteiger partial charge in [0.2, 0.25) is 0 Å². The van der Waals surface area contributed by atoms with Gasteiger partial charge in [0.05, 0.1) is 5.69 Å². The number of nitrogens with zero attached hydrogens (tertiary/aromatic N) is 6. The molecule has 0 saturated carbocycles. The summed E-state index contributed by atoms with van der Waals surface area (Å²) < 4.78 is 1.73. The molecule has 0 atom stereocenters. The van der Waals surface area contributed by atoms with Gasteiger partial charge in [-0.1, -0.05) is 19.9 Å². The minimum atomic E-state index is 0.341. The van der Waals surface area contributed by atoms with Gasteiger partial charge in [0, 0.05) is 32.4 Å². The maximum absolute atomic E-state index is 4.52. The zero-order chi connectivity index (χ0) is 16.2.